The maximum Gasteiger partial charge on any atom is 0.177 e. The fourth-order valence-electron chi connectivity index (χ4n) is 1.18. The Bertz CT molecular complexity index is 444. The first-order valence-corrected chi connectivity index (χ1v) is 4.19. The van der Waals surface area contributed by atoms with Crippen molar-refractivity contribution >= 4 is 11.7 Å². The molecule has 0 N–H and O–H groups in total. The van der Waals surface area contributed by atoms with E-state index < -0.39 is 0 Å². The Labute approximate surface area is 75.9 Å². The van der Waals surface area contributed by atoms with E-state index in [-0.39, 0.29) is 0 Å². The van der Waals surface area contributed by atoms with Gasteiger partial charge in [-0.2, -0.15) is 9.61 Å². The Morgan fingerprint density at radius 3 is 3.00 bits per heavy atom. The topological polar surface area (TPSA) is 43.1 Å². The molecule has 2 rings (SSSR count). The van der Waals surface area contributed by atoms with E-state index in [2.05, 4.69) is 21.9 Å². The predicted molar refractivity (Wildman–Crippen MR) is 50.3 cm³/mol. The van der Waals surface area contributed by atoms with Gasteiger partial charge in [0.1, 0.15) is 0 Å². The number of hydrogen-bond acceptors (Lipinski definition) is 3. The van der Waals surface area contributed by atoms with Gasteiger partial charge >= 0.3 is 0 Å². The first-order chi connectivity index (χ1) is 6.35. The molecule has 2 heterocycles. The zero-order valence-electron chi connectivity index (χ0n) is 7.44. The Balaban J connectivity index is 2.71. The van der Waals surface area contributed by atoms with Crippen molar-refractivity contribution in [2.75, 3.05) is 0 Å². The van der Waals surface area contributed by atoms with Crippen molar-refractivity contribution in [3.8, 4) is 0 Å². The number of nitrogens with zero attached hydrogens (tertiary/aromatic N) is 4. The van der Waals surface area contributed by atoms with E-state index in [4.69, 9.17) is 0 Å². The lowest BCUT2D eigenvalue weighted by Gasteiger charge is -1.96. The van der Waals surface area contributed by atoms with E-state index in [9.17, 15) is 0 Å². The summed E-state index contributed by atoms with van der Waals surface area (Å²) in [6, 6.07) is 3.76. The van der Waals surface area contributed by atoms with E-state index in [0.717, 1.165) is 23.6 Å². The smallest absolute Gasteiger partial charge is 0.177 e. The molecule has 0 fully saturated rings. The van der Waals surface area contributed by atoms with Gasteiger partial charge in [0.05, 0.1) is 5.69 Å². The lowest BCUT2D eigenvalue weighted by Crippen LogP contribution is -1.98. The molecule has 0 unspecified atom stereocenters. The zero-order valence-corrected chi connectivity index (χ0v) is 7.44. The maximum absolute atomic E-state index is 4.30. The Kier molecular flexibility index (Phi) is 1.81. The highest BCUT2D eigenvalue weighted by atomic mass is 15.4. The molecule has 0 aliphatic heterocycles. The molecular weight excluding hydrogens is 164 g/mol. The molecule has 13 heavy (non-hydrogen) atoms. The molecule has 0 aliphatic rings. The fraction of sp³-hybridized carbons (Fsp3) is 0.222. The SMILES string of the molecule is C=Cc1ccc2nnc(CC)n2n1. The van der Waals surface area contributed by atoms with Crippen molar-refractivity contribution in [2.45, 2.75) is 13.3 Å². The standard InChI is InChI=1S/C9H10N4/c1-3-7-5-6-9-11-10-8(4-2)13(9)12-7/h3,5-6H,1,4H2,2H3. The van der Waals surface area contributed by atoms with Crippen molar-refractivity contribution in [2.24, 2.45) is 0 Å². The molecule has 2 aromatic heterocycles. The highest BCUT2D eigenvalue weighted by molar-refractivity contribution is 5.45. The van der Waals surface area contributed by atoms with Crippen LogP contribution in [0.1, 0.15) is 18.4 Å². The van der Waals surface area contributed by atoms with Crippen molar-refractivity contribution in [1.29, 1.82) is 0 Å². The molecule has 4 nitrogen and oxygen atoms in total. The summed E-state index contributed by atoms with van der Waals surface area (Å²) in [7, 11) is 0. The molecule has 0 saturated carbocycles. The molecule has 0 spiro atoms. The summed E-state index contributed by atoms with van der Waals surface area (Å²) in [5, 5.41) is 12.3. The highest BCUT2D eigenvalue weighted by Gasteiger charge is 2.03. The first kappa shape index (κ1) is 7.91. The normalized spacial score (nSPS) is 10.5. The highest BCUT2D eigenvalue weighted by Crippen LogP contribution is 2.04. The average molecular weight is 174 g/mol. The van der Waals surface area contributed by atoms with Crippen molar-refractivity contribution in [3.63, 3.8) is 0 Å². The van der Waals surface area contributed by atoms with Crippen LogP contribution in [0.3, 0.4) is 0 Å². The van der Waals surface area contributed by atoms with Gasteiger partial charge in [-0.05, 0) is 18.2 Å². The second kappa shape index (κ2) is 2.97. The number of aromatic nitrogens is 4. The lowest BCUT2D eigenvalue weighted by atomic mass is 10.4. The van der Waals surface area contributed by atoms with E-state index in [1.54, 1.807) is 10.6 Å². The Hall–Kier alpha value is -1.71. The van der Waals surface area contributed by atoms with Crippen LogP contribution >= 0.6 is 0 Å². The predicted octanol–water partition coefficient (Wildman–Crippen LogP) is 1.33. The van der Waals surface area contributed by atoms with Gasteiger partial charge in [-0.25, -0.2) is 0 Å². The number of rotatable bonds is 2. The van der Waals surface area contributed by atoms with Gasteiger partial charge in [0.25, 0.3) is 0 Å². The van der Waals surface area contributed by atoms with Gasteiger partial charge < -0.3 is 0 Å². The monoisotopic (exact) mass is 174 g/mol. The van der Waals surface area contributed by atoms with Gasteiger partial charge in [0.15, 0.2) is 11.5 Å². The molecule has 0 radical (unpaired) electrons. The average Bonchev–Trinajstić information content (AvgIpc) is 2.59. The summed E-state index contributed by atoms with van der Waals surface area (Å²) >= 11 is 0. The second-order valence-corrected chi connectivity index (χ2v) is 2.70. The van der Waals surface area contributed by atoms with Crippen LogP contribution in [-0.2, 0) is 6.42 Å². The van der Waals surface area contributed by atoms with Crippen LogP contribution in [0.25, 0.3) is 11.7 Å². The third-order valence-electron chi connectivity index (χ3n) is 1.87. The van der Waals surface area contributed by atoms with Crippen molar-refractivity contribution < 1.29 is 0 Å². The minimum Gasteiger partial charge on any atom is -0.197 e. The van der Waals surface area contributed by atoms with Gasteiger partial charge in [0, 0.05) is 6.42 Å². The van der Waals surface area contributed by atoms with Crippen molar-refractivity contribution in [3.05, 3.63) is 30.2 Å². The zero-order chi connectivity index (χ0) is 9.26. The van der Waals surface area contributed by atoms with Crippen LogP contribution < -0.4 is 0 Å². The summed E-state index contributed by atoms with van der Waals surface area (Å²) in [5.41, 5.74) is 1.62. The van der Waals surface area contributed by atoms with E-state index in [0.29, 0.717) is 0 Å². The van der Waals surface area contributed by atoms with Gasteiger partial charge in [-0.15, -0.1) is 10.2 Å². The quantitative estimate of drug-likeness (QED) is 0.689. The minimum absolute atomic E-state index is 0.780. The molecule has 0 amide bonds. The fourth-order valence-corrected chi connectivity index (χ4v) is 1.18. The summed E-state index contributed by atoms with van der Waals surface area (Å²) in [5.74, 6) is 0.874. The van der Waals surface area contributed by atoms with E-state index in [1.807, 2.05) is 19.1 Å². The van der Waals surface area contributed by atoms with Crippen LogP contribution in [-0.4, -0.2) is 19.8 Å². The Morgan fingerprint density at radius 2 is 2.31 bits per heavy atom. The summed E-state index contributed by atoms with van der Waals surface area (Å²) < 4.78 is 1.75. The lowest BCUT2D eigenvalue weighted by molar-refractivity contribution is 0.819. The summed E-state index contributed by atoms with van der Waals surface area (Å²) in [6.45, 7) is 5.69. The molecular formula is C9H10N4. The molecule has 0 atom stereocenters. The van der Waals surface area contributed by atoms with Gasteiger partial charge in [0.2, 0.25) is 0 Å². The van der Waals surface area contributed by atoms with Crippen LogP contribution in [0.2, 0.25) is 0 Å². The summed E-state index contributed by atoms with van der Waals surface area (Å²) in [4.78, 5) is 0. The Morgan fingerprint density at radius 1 is 1.46 bits per heavy atom. The van der Waals surface area contributed by atoms with Crippen LogP contribution in [0, 0.1) is 0 Å². The van der Waals surface area contributed by atoms with Crippen LogP contribution in [0.15, 0.2) is 18.7 Å². The molecule has 0 bridgehead atoms. The molecule has 0 saturated heterocycles. The number of aryl methyl sites for hydroxylation is 1. The second-order valence-electron chi connectivity index (χ2n) is 2.70. The van der Waals surface area contributed by atoms with Crippen LogP contribution in [0.5, 0.6) is 0 Å². The molecule has 2 aromatic rings. The van der Waals surface area contributed by atoms with Crippen LogP contribution in [0.4, 0.5) is 0 Å². The molecule has 0 aromatic carbocycles. The third-order valence-corrected chi connectivity index (χ3v) is 1.87. The van der Waals surface area contributed by atoms with E-state index in [1.165, 1.54) is 0 Å². The van der Waals surface area contributed by atoms with Crippen molar-refractivity contribution in [1.82, 2.24) is 19.8 Å². The summed E-state index contributed by atoms with van der Waals surface area (Å²) in [6.07, 6.45) is 2.54. The largest absolute Gasteiger partial charge is 0.197 e. The van der Waals surface area contributed by atoms with Gasteiger partial charge in [-0.1, -0.05) is 13.5 Å². The van der Waals surface area contributed by atoms with Gasteiger partial charge in [-0.3, -0.25) is 0 Å². The molecule has 4 heteroatoms. The minimum atomic E-state index is 0.780. The molecule has 0 aliphatic carbocycles. The number of fused-ring (bicyclic) bond motifs is 1. The molecule has 66 valence electrons. The first-order valence-electron chi connectivity index (χ1n) is 4.19. The third kappa shape index (κ3) is 1.20. The maximum atomic E-state index is 4.30. The number of hydrogen-bond donors (Lipinski definition) is 0. The van der Waals surface area contributed by atoms with E-state index >= 15 is 0 Å².